The lowest BCUT2D eigenvalue weighted by atomic mass is 9.81. The summed E-state index contributed by atoms with van der Waals surface area (Å²) >= 11 is 0. The molecular formula is C14H19NO3. The molecule has 4 nitrogen and oxygen atoms in total. The number of rotatable bonds is 3. The van der Waals surface area contributed by atoms with Gasteiger partial charge in [-0.1, -0.05) is 36.8 Å². The average Bonchev–Trinajstić information content (AvgIpc) is 2.37. The van der Waals surface area contributed by atoms with Gasteiger partial charge in [-0.15, -0.1) is 0 Å². The molecule has 1 aromatic rings. The second kappa shape index (κ2) is 5.87. The van der Waals surface area contributed by atoms with Crippen molar-refractivity contribution in [3.05, 3.63) is 35.9 Å². The van der Waals surface area contributed by atoms with Gasteiger partial charge in [0.1, 0.15) is 6.10 Å². The highest BCUT2D eigenvalue weighted by Crippen LogP contribution is 2.36. The van der Waals surface area contributed by atoms with Crippen molar-refractivity contribution >= 4 is 6.09 Å². The molecule has 2 rings (SSSR count). The molecule has 1 saturated carbocycles. The van der Waals surface area contributed by atoms with E-state index in [0.717, 1.165) is 24.8 Å². The van der Waals surface area contributed by atoms with Gasteiger partial charge in [-0.2, -0.15) is 0 Å². The number of nitrogens with two attached hydrogens (primary N) is 1. The molecule has 4 heteroatoms. The minimum Gasteiger partial charge on any atom is -0.441 e. The average molecular weight is 249 g/mol. The smallest absolute Gasteiger partial charge is 0.405 e. The Morgan fingerprint density at radius 3 is 2.67 bits per heavy atom. The first-order chi connectivity index (χ1) is 8.66. The Bertz CT molecular complexity index is 393. The van der Waals surface area contributed by atoms with Crippen LogP contribution in [-0.2, 0) is 4.74 Å². The number of aliphatic hydroxyl groups excluding tert-OH is 1. The van der Waals surface area contributed by atoms with Crippen molar-refractivity contribution in [2.24, 2.45) is 11.7 Å². The van der Waals surface area contributed by atoms with Crippen LogP contribution in [0.3, 0.4) is 0 Å². The van der Waals surface area contributed by atoms with Gasteiger partial charge < -0.3 is 15.6 Å². The Labute approximate surface area is 107 Å². The van der Waals surface area contributed by atoms with Crippen LogP contribution in [0.25, 0.3) is 0 Å². The summed E-state index contributed by atoms with van der Waals surface area (Å²) in [6, 6.07) is 9.58. The zero-order valence-electron chi connectivity index (χ0n) is 10.3. The maximum Gasteiger partial charge on any atom is 0.405 e. The molecule has 18 heavy (non-hydrogen) atoms. The van der Waals surface area contributed by atoms with E-state index in [1.54, 1.807) is 0 Å². The molecule has 1 aliphatic carbocycles. The maximum absolute atomic E-state index is 11.0. The zero-order chi connectivity index (χ0) is 13.0. The van der Waals surface area contributed by atoms with Gasteiger partial charge >= 0.3 is 6.09 Å². The first-order valence-corrected chi connectivity index (χ1v) is 6.36. The fourth-order valence-electron chi connectivity index (χ4n) is 2.68. The fraction of sp³-hybridized carbons (Fsp3) is 0.500. The Kier molecular flexibility index (Phi) is 4.20. The predicted molar refractivity (Wildman–Crippen MR) is 67.8 cm³/mol. The van der Waals surface area contributed by atoms with Crippen molar-refractivity contribution < 1.29 is 14.6 Å². The molecule has 0 aromatic heterocycles. The van der Waals surface area contributed by atoms with E-state index in [1.807, 2.05) is 30.3 Å². The minimum absolute atomic E-state index is 0.142. The van der Waals surface area contributed by atoms with Crippen molar-refractivity contribution in [1.82, 2.24) is 0 Å². The number of aliphatic hydroxyl groups is 1. The second-order valence-electron chi connectivity index (χ2n) is 4.85. The standard InChI is InChI=1S/C14H19NO3/c15-14(17)18-13(10-5-2-1-3-6-10)11-7-4-8-12(16)9-11/h1-3,5-6,11-13,16H,4,7-9H2,(H2,15,17). The quantitative estimate of drug-likeness (QED) is 0.863. The van der Waals surface area contributed by atoms with Crippen molar-refractivity contribution in [3.63, 3.8) is 0 Å². The Hall–Kier alpha value is -1.55. The van der Waals surface area contributed by atoms with Gasteiger partial charge in [0.05, 0.1) is 6.10 Å². The van der Waals surface area contributed by atoms with Crippen molar-refractivity contribution in [1.29, 1.82) is 0 Å². The summed E-state index contributed by atoms with van der Waals surface area (Å²) in [5, 5.41) is 9.74. The summed E-state index contributed by atoms with van der Waals surface area (Å²) in [6.45, 7) is 0. The molecule has 3 unspecified atom stereocenters. The third-order valence-electron chi connectivity index (χ3n) is 3.49. The van der Waals surface area contributed by atoms with Crippen LogP contribution < -0.4 is 5.73 Å². The number of benzene rings is 1. The first-order valence-electron chi connectivity index (χ1n) is 6.36. The maximum atomic E-state index is 11.0. The monoisotopic (exact) mass is 249 g/mol. The number of primary amides is 1. The largest absolute Gasteiger partial charge is 0.441 e. The molecule has 0 radical (unpaired) electrons. The van der Waals surface area contributed by atoms with Crippen LogP contribution in [0, 0.1) is 5.92 Å². The summed E-state index contributed by atoms with van der Waals surface area (Å²) in [4.78, 5) is 11.0. The van der Waals surface area contributed by atoms with E-state index in [4.69, 9.17) is 10.5 Å². The van der Waals surface area contributed by atoms with Gasteiger partial charge in [-0.25, -0.2) is 4.79 Å². The van der Waals surface area contributed by atoms with Gasteiger partial charge in [0, 0.05) is 5.92 Å². The Morgan fingerprint density at radius 1 is 1.33 bits per heavy atom. The molecule has 1 amide bonds. The SMILES string of the molecule is NC(=O)OC(c1ccccc1)C1CCCC(O)C1. The van der Waals surface area contributed by atoms with Crippen LogP contribution in [0.2, 0.25) is 0 Å². The third-order valence-corrected chi connectivity index (χ3v) is 3.49. The van der Waals surface area contributed by atoms with E-state index in [0.29, 0.717) is 6.42 Å². The van der Waals surface area contributed by atoms with E-state index in [-0.39, 0.29) is 18.1 Å². The zero-order valence-corrected chi connectivity index (χ0v) is 10.3. The molecule has 3 N–H and O–H groups in total. The lowest BCUT2D eigenvalue weighted by molar-refractivity contribution is 0.0167. The van der Waals surface area contributed by atoms with Crippen LogP contribution >= 0.6 is 0 Å². The van der Waals surface area contributed by atoms with Crippen molar-refractivity contribution in [3.8, 4) is 0 Å². The van der Waals surface area contributed by atoms with Crippen LogP contribution in [-0.4, -0.2) is 17.3 Å². The van der Waals surface area contributed by atoms with Gasteiger partial charge in [0.2, 0.25) is 0 Å². The Balaban J connectivity index is 2.16. The number of hydrogen-bond donors (Lipinski definition) is 2. The molecular weight excluding hydrogens is 230 g/mol. The molecule has 1 aliphatic rings. The highest BCUT2D eigenvalue weighted by Gasteiger charge is 2.30. The van der Waals surface area contributed by atoms with E-state index in [9.17, 15) is 9.90 Å². The fourth-order valence-corrected chi connectivity index (χ4v) is 2.68. The molecule has 0 saturated heterocycles. The molecule has 0 spiro atoms. The van der Waals surface area contributed by atoms with Crippen molar-refractivity contribution in [2.45, 2.75) is 37.9 Å². The van der Waals surface area contributed by atoms with Crippen LogP contribution in [0.4, 0.5) is 4.79 Å². The highest BCUT2D eigenvalue weighted by molar-refractivity contribution is 5.65. The van der Waals surface area contributed by atoms with Gasteiger partial charge in [0.15, 0.2) is 0 Å². The highest BCUT2D eigenvalue weighted by atomic mass is 16.6. The van der Waals surface area contributed by atoms with Crippen LogP contribution in [0.1, 0.15) is 37.4 Å². The number of carbonyl (C=O) groups excluding carboxylic acids is 1. The number of amides is 1. The summed E-state index contributed by atoms with van der Waals surface area (Å²) in [5.41, 5.74) is 6.09. The normalized spacial score (nSPS) is 25.4. The summed E-state index contributed by atoms with van der Waals surface area (Å²) in [5.74, 6) is 0.142. The predicted octanol–water partition coefficient (Wildman–Crippen LogP) is 2.37. The van der Waals surface area contributed by atoms with Gasteiger partial charge in [-0.05, 0) is 24.8 Å². The number of carbonyl (C=O) groups is 1. The minimum atomic E-state index is -0.760. The molecule has 3 atom stereocenters. The number of ether oxygens (including phenoxy) is 1. The van der Waals surface area contributed by atoms with Gasteiger partial charge in [-0.3, -0.25) is 0 Å². The summed E-state index contributed by atoms with van der Waals surface area (Å²) < 4.78 is 5.25. The Morgan fingerprint density at radius 2 is 2.06 bits per heavy atom. The van der Waals surface area contributed by atoms with Gasteiger partial charge in [0.25, 0.3) is 0 Å². The molecule has 0 bridgehead atoms. The van der Waals surface area contributed by atoms with E-state index < -0.39 is 6.09 Å². The topological polar surface area (TPSA) is 72.6 Å². The summed E-state index contributed by atoms with van der Waals surface area (Å²) in [7, 11) is 0. The van der Waals surface area contributed by atoms with Crippen LogP contribution in [0.15, 0.2) is 30.3 Å². The third kappa shape index (κ3) is 3.23. The molecule has 98 valence electrons. The second-order valence-corrected chi connectivity index (χ2v) is 4.85. The first kappa shape index (κ1) is 12.9. The van der Waals surface area contributed by atoms with E-state index in [1.165, 1.54) is 0 Å². The molecule has 0 heterocycles. The lowest BCUT2D eigenvalue weighted by Gasteiger charge is -2.32. The summed E-state index contributed by atoms with van der Waals surface area (Å²) in [6.07, 6.45) is 1.98. The van der Waals surface area contributed by atoms with E-state index >= 15 is 0 Å². The molecule has 0 aliphatic heterocycles. The number of hydrogen-bond acceptors (Lipinski definition) is 3. The van der Waals surface area contributed by atoms with E-state index in [2.05, 4.69) is 0 Å². The molecule has 1 fully saturated rings. The van der Waals surface area contributed by atoms with Crippen LogP contribution in [0.5, 0.6) is 0 Å². The lowest BCUT2D eigenvalue weighted by Crippen LogP contribution is -2.29. The van der Waals surface area contributed by atoms with Crippen molar-refractivity contribution in [2.75, 3.05) is 0 Å². The molecule has 1 aromatic carbocycles.